The summed E-state index contributed by atoms with van der Waals surface area (Å²) in [5.74, 6) is 1.07. The number of rotatable bonds is 8. The molecule has 0 atom stereocenters. The lowest BCUT2D eigenvalue weighted by Crippen LogP contribution is -2.18. The number of halogens is 1. The van der Waals surface area contributed by atoms with Crippen LogP contribution in [0.15, 0.2) is 90.9 Å². The van der Waals surface area contributed by atoms with Crippen molar-refractivity contribution in [2.75, 3.05) is 20.5 Å². The fourth-order valence-electron chi connectivity index (χ4n) is 4.20. The molecule has 0 bridgehead atoms. The minimum absolute atomic E-state index is 0.0845. The van der Waals surface area contributed by atoms with Gasteiger partial charge in [0.15, 0.2) is 17.1 Å². The molecule has 0 saturated heterocycles. The van der Waals surface area contributed by atoms with Crippen molar-refractivity contribution in [3.63, 3.8) is 0 Å². The Hall–Kier alpha value is -4.22. The van der Waals surface area contributed by atoms with Crippen LogP contribution in [0.25, 0.3) is 21.9 Å². The molecular weight excluding hydrogens is 600 g/mol. The Kier molecular flexibility index (Phi) is 7.59. The highest BCUT2D eigenvalue weighted by molar-refractivity contribution is 9.10. The molecule has 0 saturated carbocycles. The highest BCUT2D eigenvalue weighted by atomic mass is 79.9. The van der Waals surface area contributed by atoms with Gasteiger partial charge in [-0.2, -0.15) is 4.40 Å². The zero-order valence-corrected chi connectivity index (χ0v) is 24.1. The monoisotopic (exact) mass is 622 g/mol. The molecule has 0 radical (unpaired) electrons. The second-order valence-corrected chi connectivity index (χ2v) is 11.3. The second kappa shape index (κ2) is 11.1. The Morgan fingerprint density at radius 2 is 1.68 bits per heavy atom. The lowest BCUT2D eigenvalue weighted by molar-refractivity contribution is 0.307. The van der Waals surface area contributed by atoms with Crippen LogP contribution in [0, 0.1) is 0 Å². The average molecular weight is 623 g/mol. The predicted molar refractivity (Wildman–Crippen MR) is 156 cm³/mol. The summed E-state index contributed by atoms with van der Waals surface area (Å²) >= 11 is 3.53. The van der Waals surface area contributed by atoms with Crippen molar-refractivity contribution in [1.82, 2.24) is 4.98 Å². The van der Waals surface area contributed by atoms with Crippen molar-refractivity contribution in [3.05, 3.63) is 105 Å². The van der Waals surface area contributed by atoms with Gasteiger partial charge in [-0.05, 0) is 51.8 Å². The molecule has 0 fully saturated rings. The number of hydrogen-bond acceptors (Lipinski definition) is 8. The van der Waals surface area contributed by atoms with Crippen LogP contribution < -0.4 is 19.8 Å². The van der Waals surface area contributed by atoms with Crippen molar-refractivity contribution in [2.45, 2.75) is 6.61 Å². The average Bonchev–Trinajstić information content (AvgIpc) is 2.94. The minimum Gasteiger partial charge on any atom is -0.493 e. The van der Waals surface area contributed by atoms with E-state index in [4.69, 9.17) is 23.6 Å². The molecule has 9 nitrogen and oxygen atoms in total. The van der Waals surface area contributed by atoms with E-state index in [-0.39, 0.29) is 34.9 Å². The largest absolute Gasteiger partial charge is 0.493 e. The molecule has 0 aliphatic heterocycles. The molecule has 0 aliphatic rings. The molecule has 0 amide bonds. The maximum absolute atomic E-state index is 13.2. The van der Waals surface area contributed by atoms with Crippen LogP contribution in [0.2, 0.25) is 0 Å². The molecule has 0 spiro atoms. The first-order valence-corrected chi connectivity index (χ1v) is 14.6. The predicted octanol–water partition coefficient (Wildman–Crippen LogP) is 5.50. The Morgan fingerprint density at radius 3 is 2.38 bits per heavy atom. The van der Waals surface area contributed by atoms with E-state index in [1.165, 1.54) is 20.3 Å². The number of ether oxygens (including phenoxy) is 3. The van der Waals surface area contributed by atoms with Gasteiger partial charge in [0.05, 0.1) is 36.2 Å². The molecule has 0 unspecified atom stereocenters. The third-order valence-corrected chi connectivity index (χ3v) is 7.13. The molecule has 0 aliphatic carbocycles. The molecule has 2 aromatic heterocycles. The SMILES string of the molecule is COc1ccc2cc(/C(=N/S(C)(=O)=O)c3ccc4ccc(Br)c(OCc5ccccc5)c4n3)c(=O)oc2c1OC. The van der Waals surface area contributed by atoms with Crippen LogP contribution in [-0.2, 0) is 16.6 Å². The third-order valence-electron chi connectivity index (χ3n) is 5.99. The molecular formula is C29H23BrN2O7S. The molecule has 204 valence electrons. The summed E-state index contributed by atoms with van der Waals surface area (Å²) in [6.07, 6.45) is 0.940. The van der Waals surface area contributed by atoms with Crippen molar-refractivity contribution in [2.24, 2.45) is 4.40 Å². The highest BCUT2D eigenvalue weighted by Crippen LogP contribution is 2.36. The molecule has 2 heterocycles. The van der Waals surface area contributed by atoms with Gasteiger partial charge >= 0.3 is 5.63 Å². The van der Waals surface area contributed by atoms with Crippen LogP contribution >= 0.6 is 15.9 Å². The number of fused-ring (bicyclic) bond motifs is 2. The Balaban J connectivity index is 1.69. The summed E-state index contributed by atoms with van der Waals surface area (Å²) in [5, 5.41) is 1.22. The van der Waals surface area contributed by atoms with Gasteiger partial charge in [0.1, 0.15) is 17.8 Å². The summed E-state index contributed by atoms with van der Waals surface area (Å²) in [7, 11) is -1.05. The lowest BCUT2D eigenvalue weighted by Gasteiger charge is -2.13. The highest BCUT2D eigenvalue weighted by Gasteiger charge is 2.22. The molecule has 3 aromatic carbocycles. The van der Waals surface area contributed by atoms with E-state index in [9.17, 15) is 13.2 Å². The van der Waals surface area contributed by atoms with E-state index < -0.39 is 15.6 Å². The van der Waals surface area contributed by atoms with E-state index >= 15 is 0 Å². The molecule has 0 N–H and O–H groups in total. The van der Waals surface area contributed by atoms with Gasteiger partial charge in [0, 0.05) is 10.8 Å². The lowest BCUT2D eigenvalue weighted by atomic mass is 10.1. The van der Waals surface area contributed by atoms with Crippen LogP contribution in [0.3, 0.4) is 0 Å². The first kappa shape index (κ1) is 27.4. The Bertz CT molecular complexity index is 1940. The number of hydrogen-bond donors (Lipinski definition) is 0. The topological polar surface area (TPSA) is 117 Å². The van der Waals surface area contributed by atoms with E-state index in [2.05, 4.69) is 20.3 Å². The first-order chi connectivity index (χ1) is 19.2. The fourth-order valence-corrected chi connectivity index (χ4v) is 5.15. The van der Waals surface area contributed by atoms with Gasteiger partial charge in [-0.1, -0.05) is 42.5 Å². The molecule has 40 heavy (non-hydrogen) atoms. The quantitative estimate of drug-likeness (QED) is 0.164. The van der Waals surface area contributed by atoms with Gasteiger partial charge in [0.25, 0.3) is 10.0 Å². The van der Waals surface area contributed by atoms with Gasteiger partial charge < -0.3 is 18.6 Å². The van der Waals surface area contributed by atoms with Crippen LogP contribution in [0.4, 0.5) is 0 Å². The van der Waals surface area contributed by atoms with E-state index in [0.717, 1.165) is 17.2 Å². The number of pyridine rings is 1. The van der Waals surface area contributed by atoms with Gasteiger partial charge in [-0.3, -0.25) is 0 Å². The number of aromatic nitrogens is 1. The summed E-state index contributed by atoms with van der Waals surface area (Å²) in [5.41, 5.74) is 0.651. The van der Waals surface area contributed by atoms with Crippen LogP contribution in [0.1, 0.15) is 16.8 Å². The van der Waals surface area contributed by atoms with Gasteiger partial charge in [-0.25, -0.2) is 18.2 Å². The van der Waals surface area contributed by atoms with Crippen molar-refractivity contribution >= 4 is 53.5 Å². The maximum atomic E-state index is 13.2. The van der Waals surface area contributed by atoms with E-state index in [1.807, 2.05) is 42.5 Å². The minimum atomic E-state index is -3.95. The van der Waals surface area contributed by atoms with Crippen LogP contribution in [-0.4, -0.2) is 39.6 Å². The third kappa shape index (κ3) is 5.56. The Morgan fingerprint density at radius 1 is 0.950 bits per heavy atom. The number of benzene rings is 3. The standard InChI is InChI=1S/C29H23BrN2O7S/c1-36-23-14-11-19-15-20(29(33)39-26(19)28(23)37-2)25(32-40(3,34)35)22-13-10-18-9-12-21(30)27(24(18)31-22)38-16-17-7-5-4-6-8-17/h4-15H,16H2,1-3H3/b32-25-. The number of sulfonamides is 1. The summed E-state index contributed by atoms with van der Waals surface area (Å²) in [6.45, 7) is 0.286. The zero-order valence-electron chi connectivity index (χ0n) is 21.7. The zero-order chi connectivity index (χ0) is 28.4. The fraction of sp³-hybridized carbons (Fsp3) is 0.138. The van der Waals surface area contributed by atoms with Gasteiger partial charge in [-0.15, -0.1) is 0 Å². The van der Waals surface area contributed by atoms with Crippen molar-refractivity contribution in [1.29, 1.82) is 0 Å². The normalized spacial score (nSPS) is 12.1. The molecule has 5 rings (SSSR count). The molecule has 11 heteroatoms. The van der Waals surface area contributed by atoms with Gasteiger partial charge in [0.2, 0.25) is 5.75 Å². The number of methoxy groups -OCH3 is 2. The van der Waals surface area contributed by atoms with Crippen molar-refractivity contribution < 1.29 is 27.0 Å². The summed E-state index contributed by atoms with van der Waals surface area (Å²) in [6, 6.07) is 21.5. The van der Waals surface area contributed by atoms with E-state index in [1.54, 1.807) is 24.3 Å². The van der Waals surface area contributed by atoms with Crippen LogP contribution in [0.5, 0.6) is 17.2 Å². The first-order valence-electron chi connectivity index (χ1n) is 11.9. The number of nitrogens with zero attached hydrogens (tertiary/aromatic N) is 2. The van der Waals surface area contributed by atoms with E-state index in [0.29, 0.717) is 26.9 Å². The summed E-state index contributed by atoms with van der Waals surface area (Å²) < 4.78 is 51.7. The second-order valence-electron chi connectivity index (χ2n) is 8.76. The molecule has 5 aromatic rings. The Labute approximate surface area is 238 Å². The smallest absolute Gasteiger partial charge is 0.346 e. The maximum Gasteiger partial charge on any atom is 0.346 e. The summed E-state index contributed by atoms with van der Waals surface area (Å²) in [4.78, 5) is 18.0. The van der Waals surface area contributed by atoms with Crippen molar-refractivity contribution in [3.8, 4) is 17.2 Å².